The second-order valence-electron chi connectivity index (χ2n) is 10.7. The average Bonchev–Trinajstić information content (AvgIpc) is 3.45. The Morgan fingerprint density at radius 3 is 2.60 bits per heavy atom. The lowest BCUT2D eigenvalue weighted by molar-refractivity contribution is -0.129. The highest BCUT2D eigenvalue weighted by Crippen LogP contribution is 2.44. The quantitative estimate of drug-likeness (QED) is 0.0773. The normalized spacial score (nSPS) is 17.0. The molecule has 2 N–H and O–H groups in total. The van der Waals surface area contributed by atoms with Crippen LogP contribution in [0.2, 0.25) is 0 Å². The van der Waals surface area contributed by atoms with Crippen molar-refractivity contribution in [3.8, 4) is 11.5 Å². The van der Waals surface area contributed by atoms with Gasteiger partial charge in [-0.1, -0.05) is 71.3 Å². The van der Waals surface area contributed by atoms with Gasteiger partial charge in [0.1, 0.15) is 11.5 Å². The smallest absolute Gasteiger partial charge is 0.252 e. The second kappa shape index (κ2) is 14.4. The number of methoxy groups -OCH3 is 1. The molecule has 1 aliphatic rings. The summed E-state index contributed by atoms with van der Waals surface area (Å²) in [5.74, 6) is 1.20. The van der Waals surface area contributed by atoms with Gasteiger partial charge in [-0.3, -0.25) is 4.79 Å². The van der Waals surface area contributed by atoms with Crippen LogP contribution >= 0.6 is 0 Å². The fourth-order valence-corrected chi connectivity index (χ4v) is 5.34. The molecule has 230 valence electrons. The highest BCUT2D eigenvalue weighted by atomic mass is 16.5. The van der Waals surface area contributed by atoms with Gasteiger partial charge in [-0.15, -0.1) is 0 Å². The number of benzene rings is 4. The number of aliphatic imine (C=N–C) groups is 1. The molecule has 0 saturated heterocycles. The van der Waals surface area contributed by atoms with E-state index < -0.39 is 11.6 Å². The van der Waals surface area contributed by atoms with Gasteiger partial charge in [0.25, 0.3) is 5.91 Å². The van der Waals surface area contributed by atoms with Crippen LogP contribution in [0.3, 0.4) is 0 Å². The molecule has 45 heavy (non-hydrogen) atoms. The molecule has 1 heterocycles. The van der Waals surface area contributed by atoms with E-state index in [0.717, 1.165) is 11.1 Å². The molecule has 0 unspecified atom stereocenters. The van der Waals surface area contributed by atoms with Crippen LogP contribution < -0.4 is 14.8 Å². The summed E-state index contributed by atoms with van der Waals surface area (Å²) in [4.78, 5) is 22.6. The Morgan fingerprint density at radius 2 is 1.84 bits per heavy atom. The lowest BCUT2D eigenvalue weighted by Crippen LogP contribution is -2.49. The van der Waals surface area contributed by atoms with Crippen LogP contribution in [0.15, 0.2) is 107 Å². The number of hydrogen-bond donors (Lipinski definition) is 2. The minimum absolute atomic E-state index is 0.0468. The topological polar surface area (TPSA) is 138 Å². The third-order valence-corrected chi connectivity index (χ3v) is 7.57. The van der Waals surface area contributed by atoms with E-state index in [9.17, 15) is 10.3 Å². The summed E-state index contributed by atoms with van der Waals surface area (Å²) >= 11 is 0. The highest BCUT2D eigenvalue weighted by molar-refractivity contribution is 6.01. The van der Waals surface area contributed by atoms with Gasteiger partial charge in [0.2, 0.25) is 5.90 Å². The van der Waals surface area contributed by atoms with E-state index >= 15 is 0 Å². The molecule has 10 nitrogen and oxygen atoms in total. The SMILES string of the molecule is COc1cccc([C@H]2OC(c3ccc(OCCCO)cc3)=N[C@@]2(Cc2ccccc2N=[N+]=[N-])C(=O)NCc2cccc(C)c2)c1. The molecule has 0 bridgehead atoms. The molecular weight excluding hydrogens is 570 g/mol. The first-order valence-corrected chi connectivity index (χ1v) is 14.7. The number of carbonyl (C=O) groups is 1. The van der Waals surface area contributed by atoms with Crippen molar-refractivity contribution >= 4 is 17.5 Å². The Morgan fingerprint density at radius 1 is 1.04 bits per heavy atom. The van der Waals surface area contributed by atoms with Crippen LogP contribution in [0.25, 0.3) is 10.4 Å². The first kappa shape index (κ1) is 31.1. The molecule has 0 aromatic heterocycles. The van der Waals surface area contributed by atoms with Gasteiger partial charge < -0.3 is 24.6 Å². The minimum atomic E-state index is -1.48. The van der Waals surface area contributed by atoms with Crippen molar-refractivity contribution < 1.29 is 24.1 Å². The Balaban J connectivity index is 1.61. The van der Waals surface area contributed by atoms with Crippen LogP contribution in [0.4, 0.5) is 5.69 Å². The molecule has 1 aliphatic heterocycles. The number of aryl methyl sites for hydroxylation is 1. The van der Waals surface area contributed by atoms with Crippen LogP contribution in [0.1, 0.15) is 40.3 Å². The van der Waals surface area contributed by atoms with Crippen LogP contribution in [-0.2, 0) is 22.5 Å². The number of rotatable bonds is 13. The van der Waals surface area contributed by atoms with E-state index in [2.05, 4.69) is 15.3 Å². The Labute approximate surface area is 261 Å². The van der Waals surface area contributed by atoms with Crippen LogP contribution in [0.5, 0.6) is 11.5 Å². The average molecular weight is 606 g/mol. The number of nitrogens with zero attached hydrogens (tertiary/aromatic N) is 4. The summed E-state index contributed by atoms with van der Waals surface area (Å²) in [5.41, 5.74) is 12.2. The fraction of sp³-hybridized carbons (Fsp3) is 0.257. The van der Waals surface area contributed by atoms with E-state index in [4.69, 9.17) is 24.3 Å². The number of carbonyl (C=O) groups excluding carboxylic acids is 1. The predicted octanol–water partition coefficient (Wildman–Crippen LogP) is 6.52. The third kappa shape index (κ3) is 7.26. The molecule has 4 aromatic rings. The maximum Gasteiger partial charge on any atom is 0.252 e. The first-order chi connectivity index (χ1) is 22.0. The lowest BCUT2D eigenvalue weighted by Gasteiger charge is -2.31. The van der Waals surface area contributed by atoms with Gasteiger partial charge in [-0.2, -0.15) is 0 Å². The summed E-state index contributed by atoms with van der Waals surface area (Å²) in [5, 5.41) is 16.1. The summed E-state index contributed by atoms with van der Waals surface area (Å²) in [6.07, 6.45) is -0.230. The maximum absolute atomic E-state index is 14.5. The molecule has 0 aliphatic carbocycles. The van der Waals surface area contributed by atoms with Crippen molar-refractivity contribution in [2.75, 3.05) is 20.3 Å². The van der Waals surface area contributed by atoms with Crippen LogP contribution in [-0.4, -0.2) is 42.8 Å². The van der Waals surface area contributed by atoms with Crippen molar-refractivity contribution in [3.05, 3.63) is 135 Å². The molecule has 10 heteroatoms. The number of aliphatic hydroxyl groups excluding tert-OH is 1. The Bertz CT molecular complexity index is 1720. The van der Waals surface area contributed by atoms with Crippen LogP contribution in [0, 0.1) is 6.92 Å². The van der Waals surface area contributed by atoms with E-state index in [0.29, 0.717) is 46.9 Å². The van der Waals surface area contributed by atoms with Gasteiger partial charge in [-0.25, -0.2) is 4.99 Å². The second-order valence-corrected chi connectivity index (χ2v) is 10.7. The monoisotopic (exact) mass is 605 g/mol. The molecule has 0 spiro atoms. The van der Waals surface area contributed by atoms with E-state index in [-0.39, 0.29) is 31.4 Å². The van der Waals surface area contributed by atoms with Crippen molar-refractivity contribution in [3.63, 3.8) is 0 Å². The molecular formula is C35H35N5O5. The standard InChI is InChI=1S/C35H35N5O5/c1-24-8-5-9-25(20-24)23-37-34(42)35(22-28-10-3-4-13-31(28)39-40-36)32(27-11-6-12-30(21-27)43-2)45-33(38-35)26-14-16-29(17-15-26)44-19-7-18-41/h3-6,8-17,20-21,32,41H,7,18-19,22-23H2,1-2H3,(H,37,42)/t32-,35-/m1/s1. The molecule has 0 radical (unpaired) electrons. The number of nitrogens with one attached hydrogen (secondary N) is 1. The molecule has 0 saturated carbocycles. The van der Waals surface area contributed by atoms with E-state index in [1.54, 1.807) is 31.4 Å². The van der Waals surface area contributed by atoms with Gasteiger partial charge in [0.05, 0.1) is 13.7 Å². The zero-order chi connectivity index (χ0) is 31.6. The maximum atomic E-state index is 14.5. The van der Waals surface area contributed by atoms with Crippen molar-refractivity contribution in [2.45, 2.75) is 38.0 Å². The van der Waals surface area contributed by atoms with E-state index in [1.807, 2.05) is 79.7 Å². The predicted molar refractivity (Wildman–Crippen MR) is 172 cm³/mol. The molecule has 1 amide bonds. The zero-order valence-electron chi connectivity index (χ0n) is 25.2. The summed E-state index contributed by atoms with van der Waals surface area (Å²) < 4.78 is 17.8. The lowest BCUT2D eigenvalue weighted by atomic mass is 9.81. The van der Waals surface area contributed by atoms with Crippen molar-refractivity contribution in [1.82, 2.24) is 5.32 Å². The molecule has 4 aromatic carbocycles. The van der Waals surface area contributed by atoms with E-state index in [1.165, 1.54) is 0 Å². The summed E-state index contributed by atoms with van der Waals surface area (Å²) in [6.45, 7) is 2.73. The number of amides is 1. The molecule has 2 atom stereocenters. The van der Waals surface area contributed by atoms with Gasteiger partial charge >= 0.3 is 0 Å². The fourth-order valence-electron chi connectivity index (χ4n) is 5.34. The summed E-state index contributed by atoms with van der Waals surface area (Å²) in [7, 11) is 1.58. The largest absolute Gasteiger partial charge is 0.497 e. The number of aliphatic hydroxyl groups is 1. The third-order valence-electron chi connectivity index (χ3n) is 7.57. The van der Waals surface area contributed by atoms with Gasteiger partial charge in [-0.05, 0) is 65.5 Å². The van der Waals surface area contributed by atoms with Crippen molar-refractivity contribution in [2.24, 2.45) is 10.1 Å². The minimum Gasteiger partial charge on any atom is -0.497 e. The zero-order valence-corrected chi connectivity index (χ0v) is 25.2. The molecule has 0 fully saturated rings. The van der Waals surface area contributed by atoms with Gasteiger partial charge in [0.15, 0.2) is 11.6 Å². The Kier molecular flexibility index (Phi) is 9.99. The Hall–Kier alpha value is -5.31. The number of ether oxygens (including phenoxy) is 3. The van der Waals surface area contributed by atoms with Crippen molar-refractivity contribution in [1.29, 1.82) is 0 Å². The highest BCUT2D eigenvalue weighted by Gasteiger charge is 2.53. The number of hydrogen-bond acceptors (Lipinski definition) is 7. The first-order valence-electron chi connectivity index (χ1n) is 14.7. The summed E-state index contributed by atoms with van der Waals surface area (Å²) in [6, 6.07) is 29.7. The molecule has 5 rings (SSSR count). The number of azide groups is 1. The van der Waals surface area contributed by atoms with Gasteiger partial charge in [0, 0.05) is 42.2 Å².